The average Bonchev–Trinajstić information content (AvgIpc) is 3.20. The fourth-order valence-electron chi connectivity index (χ4n) is 3.80. The number of Topliss-reactive ketones (excluding diaryl/α,β-unsaturated/α-hetero) is 1. The van der Waals surface area contributed by atoms with Gasteiger partial charge in [0.25, 0.3) is 5.89 Å². The molecule has 0 bridgehead atoms. The van der Waals surface area contributed by atoms with Gasteiger partial charge in [-0.3, -0.25) is 4.79 Å². The Morgan fingerprint density at radius 1 is 1.06 bits per heavy atom. The van der Waals surface area contributed by atoms with Crippen LogP contribution in [0.3, 0.4) is 0 Å². The molecule has 2 aromatic carbocycles. The summed E-state index contributed by atoms with van der Waals surface area (Å²) in [6.07, 6.45) is -0.395. The van der Waals surface area contributed by atoms with Gasteiger partial charge in [0, 0.05) is 6.54 Å². The monoisotopic (exact) mass is 485 g/mol. The van der Waals surface area contributed by atoms with Crippen LogP contribution in [0.15, 0.2) is 59.0 Å². The van der Waals surface area contributed by atoms with Gasteiger partial charge in [-0.05, 0) is 37.0 Å². The lowest BCUT2D eigenvalue weighted by atomic mass is 9.73. The van der Waals surface area contributed by atoms with Gasteiger partial charge in [0.2, 0.25) is 5.78 Å². The van der Waals surface area contributed by atoms with Gasteiger partial charge in [0.05, 0.1) is 11.5 Å². The lowest BCUT2D eigenvalue weighted by Crippen LogP contribution is -2.62. The predicted octanol–water partition coefficient (Wildman–Crippen LogP) is 3.24. The maximum absolute atomic E-state index is 13.1. The lowest BCUT2D eigenvalue weighted by Gasteiger charge is -2.40. The van der Waals surface area contributed by atoms with Crippen LogP contribution < -0.4 is 5.32 Å². The number of hydrogen-bond acceptors (Lipinski definition) is 7. The molecule has 3 amide bonds. The quantitative estimate of drug-likeness (QED) is 0.462. The zero-order valence-electron chi connectivity index (χ0n) is 18.1. The highest BCUT2D eigenvalue weighted by Crippen LogP contribution is 2.35. The third kappa shape index (κ3) is 4.93. The molecular weight excluding hydrogens is 462 g/mol. The molecule has 0 unspecified atom stereocenters. The summed E-state index contributed by atoms with van der Waals surface area (Å²) in [6, 6.07) is 14.2. The van der Waals surface area contributed by atoms with Gasteiger partial charge >= 0.3 is 12.1 Å². The second-order valence-electron chi connectivity index (χ2n) is 8.19. The highest BCUT2D eigenvalue weighted by Gasteiger charge is 2.48. The fraction of sp³-hybridized carbons (Fsp3) is 0.304. The first-order valence-electron chi connectivity index (χ1n) is 10.7. The SMILES string of the molecule is O=C(O)N(CCS(=O)(=O)Cc1ccccc1)C(=O)NC1(C(=O)c2nc3ccccc3o2)CCC1. The number of amides is 3. The summed E-state index contributed by atoms with van der Waals surface area (Å²) < 4.78 is 30.4. The molecule has 0 saturated heterocycles. The van der Waals surface area contributed by atoms with E-state index in [0.717, 1.165) is 0 Å². The number of sulfone groups is 1. The van der Waals surface area contributed by atoms with Crippen LogP contribution in [-0.4, -0.2) is 59.2 Å². The van der Waals surface area contributed by atoms with Crippen molar-refractivity contribution in [2.45, 2.75) is 30.6 Å². The molecule has 1 aromatic heterocycles. The summed E-state index contributed by atoms with van der Waals surface area (Å²) in [5, 5.41) is 12.0. The zero-order valence-corrected chi connectivity index (χ0v) is 19.0. The van der Waals surface area contributed by atoms with Crippen molar-refractivity contribution in [2.24, 2.45) is 0 Å². The number of hydrogen-bond donors (Lipinski definition) is 2. The molecule has 0 radical (unpaired) electrons. The number of nitrogens with zero attached hydrogens (tertiary/aromatic N) is 2. The third-order valence-corrected chi connectivity index (χ3v) is 7.39. The van der Waals surface area contributed by atoms with Crippen molar-refractivity contribution in [3.05, 3.63) is 66.1 Å². The van der Waals surface area contributed by atoms with Crippen LogP contribution in [0, 0.1) is 0 Å². The predicted molar refractivity (Wildman–Crippen MR) is 122 cm³/mol. The largest absolute Gasteiger partial charge is 0.465 e. The number of imide groups is 1. The average molecular weight is 486 g/mol. The van der Waals surface area contributed by atoms with Crippen molar-refractivity contribution >= 4 is 38.8 Å². The number of benzene rings is 2. The minimum Gasteiger partial charge on any atom is -0.465 e. The fourth-order valence-corrected chi connectivity index (χ4v) is 5.11. The van der Waals surface area contributed by atoms with Crippen LogP contribution in [0.5, 0.6) is 0 Å². The number of aromatic nitrogens is 1. The van der Waals surface area contributed by atoms with Crippen molar-refractivity contribution in [1.82, 2.24) is 15.2 Å². The van der Waals surface area contributed by atoms with E-state index in [9.17, 15) is 27.9 Å². The molecule has 0 aliphatic heterocycles. The minimum atomic E-state index is -3.68. The van der Waals surface area contributed by atoms with Crippen molar-refractivity contribution in [2.75, 3.05) is 12.3 Å². The summed E-state index contributed by atoms with van der Waals surface area (Å²) in [6.45, 7) is -0.566. The van der Waals surface area contributed by atoms with Crippen molar-refractivity contribution in [3.8, 4) is 0 Å². The van der Waals surface area contributed by atoms with E-state index in [1.54, 1.807) is 54.6 Å². The molecule has 178 valence electrons. The molecular formula is C23H23N3O7S. The van der Waals surface area contributed by atoms with Crippen LogP contribution in [-0.2, 0) is 15.6 Å². The van der Waals surface area contributed by atoms with Gasteiger partial charge in [0.15, 0.2) is 15.4 Å². The molecule has 3 aromatic rings. The molecule has 1 heterocycles. The highest BCUT2D eigenvalue weighted by molar-refractivity contribution is 7.90. The smallest absolute Gasteiger partial charge is 0.415 e. The highest BCUT2D eigenvalue weighted by atomic mass is 32.2. The molecule has 1 fully saturated rings. The topological polar surface area (TPSA) is 147 Å². The van der Waals surface area contributed by atoms with Gasteiger partial charge in [-0.2, -0.15) is 0 Å². The molecule has 1 saturated carbocycles. The molecule has 0 spiro atoms. The van der Waals surface area contributed by atoms with Crippen LogP contribution in [0.4, 0.5) is 9.59 Å². The van der Waals surface area contributed by atoms with Crippen LogP contribution in [0.2, 0.25) is 0 Å². The van der Waals surface area contributed by atoms with E-state index in [0.29, 0.717) is 28.0 Å². The number of rotatable bonds is 8. The van der Waals surface area contributed by atoms with E-state index >= 15 is 0 Å². The maximum Gasteiger partial charge on any atom is 0.415 e. The van der Waals surface area contributed by atoms with Gasteiger partial charge in [0.1, 0.15) is 11.1 Å². The summed E-state index contributed by atoms with van der Waals surface area (Å²) in [5.41, 5.74) is 0.116. The first kappa shape index (κ1) is 23.4. The number of carbonyl (C=O) groups is 3. The second-order valence-corrected chi connectivity index (χ2v) is 10.4. The minimum absolute atomic E-state index is 0.173. The van der Waals surface area contributed by atoms with Crippen molar-refractivity contribution < 1.29 is 32.3 Å². The number of ketones is 1. The van der Waals surface area contributed by atoms with E-state index < -0.39 is 45.6 Å². The van der Waals surface area contributed by atoms with Gasteiger partial charge in [-0.15, -0.1) is 0 Å². The van der Waals surface area contributed by atoms with E-state index in [-0.39, 0.29) is 24.5 Å². The Morgan fingerprint density at radius 2 is 1.74 bits per heavy atom. The first-order chi connectivity index (χ1) is 16.2. The van der Waals surface area contributed by atoms with Crippen molar-refractivity contribution in [3.63, 3.8) is 0 Å². The van der Waals surface area contributed by atoms with Gasteiger partial charge in [-0.1, -0.05) is 42.5 Å². The lowest BCUT2D eigenvalue weighted by molar-refractivity contribution is 0.0691. The number of fused-ring (bicyclic) bond motifs is 1. The van der Waals surface area contributed by atoms with Crippen LogP contribution >= 0.6 is 0 Å². The number of carboxylic acid groups (broad SMARTS) is 1. The summed E-state index contributed by atoms with van der Waals surface area (Å²) in [7, 11) is -3.68. The first-order valence-corrected chi connectivity index (χ1v) is 12.5. The molecule has 10 nitrogen and oxygen atoms in total. The maximum atomic E-state index is 13.1. The molecule has 2 N–H and O–H groups in total. The third-order valence-electron chi connectivity index (χ3n) is 5.81. The molecule has 1 aliphatic rings. The Hall–Kier alpha value is -3.73. The Balaban J connectivity index is 1.45. The summed E-state index contributed by atoms with van der Waals surface area (Å²) >= 11 is 0. The van der Waals surface area contributed by atoms with E-state index in [1.807, 2.05) is 0 Å². The number of oxazole rings is 1. The zero-order chi connectivity index (χ0) is 24.3. The van der Waals surface area contributed by atoms with Gasteiger partial charge in [-0.25, -0.2) is 27.9 Å². The number of carbonyl (C=O) groups excluding carboxylic acids is 2. The standard InChI is InChI=1S/C23H23N3O7S/c27-19(20-24-17-9-4-5-10-18(17)33-20)23(11-6-12-23)25-21(28)26(22(29)30)13-14-34(31,32)15-16-7-2-1-3-8-16/h1-5,7-10H,6,11-15H2,(H,25,28)(H,29,30). The number of urea groups is 1. The second kappa shape index (κ2) is 9.26. The summed E-state index contributed by atoms with van der Waals surface area (Å²) in [5.74, 6) is -1.55. The molecule has 34 heavy (non-hydrogen) atoms. The van der Waals surface area contributed by atoms with Crippen LogP contribution in [0.25, 0.3) is 11.1 Å². The van der Waals surface area contributed by atoms with Crippen LogP contribution in [0.1, 0.15) is 35.5 Å². The molecule has 11 heteroatoms. The Bertz CT molecular complexity index is 1300. The molecule has 1 aliphatic carbocycles. The van der Waals surface area contributed by atoms with E-state index in [1.165, 1.54) is 0 Å². The Labute approximate surface area is 195 Å². The Kier molecular flexibility index (Phi) is 6.38. The van der Waals surface area contributed by atoms with E-state index in [2.05, 4.69) is 10.3 Å². The molecule has 4 rings (SSSR count). The Morgan fingerprint density at radius 3 is 2.35 bits per heavy atom. The van der Waals surface area contributed by atoms with Gasteiger partial charge < -0.3 is 14.8 Å². The van der Waals surface area contributed by atoms with Crippen molar-refractivity contribution in [1.29, 1.82) is 0 Å². The molecule has 0 atom stereocenters. The number of para-hydroxylation sites is 2. The normalized spacial score (nSPS) is 14.8. The van der Waals surface area contributed by atoms with E-state index in [4.69, 9.17) is 4.42 Å². The number of nitrogens with one attached hydrogen (secondary N) is 1. The summed E-state index contributed by atoms with van der Waals surface area (Å²) in [4.78, 5) is 42.2.